The minimum Gasteiger partial charge on any atom is -0.496 e. The van der Waals surface area contributed by atoms with E-state index in [9.17, 15) is 17.6 Å². The number of halogens is 2. The Morgan fingerprint density at radius 2 is 1.70 bits per heavy atom. The van der Waals surface area contributed by atoms with Gasteiger partial charge in [-0.3, -0.25) is 9.10 Å². The highest BCUT2D eigenvalue weighted by Gasteiger charge is 2.27. The molecular formula is C32H25ClFN3O6S. The summed E-state index contributed by atoms with van der Waals surface area (Å²) >= 11 is 6.34. The van der Waals surface area contributed by atoms with E-state index in [4.69, 9.17) is 25.2 Å². The SMILES string of the molecule is CNC(=O)c1c(-c2ccc(F)cc2)oc2cc(N(C)S(C)(=O)=O)c(-c3ccc(OC)c(-c4nc5c(Cl)cccc5o4)c3)cc12. The standard InChI is InChI=1S/C32H25ClFN3O6S/c1-35-31(38)28-21-15-20(18-10-13-25(41-3)22(14-18)32-36-29-23(33)6-5-7-26(29)43-32)24(37(2)44(4,39)40)16-27(21)42-30(28)17-8-11-19(34)12-9-17/h5-16H,1-4H3,(H,35,38). The number of sulfonamides is 1. The van der Waals surface area contributed by atoms with Gasteiger partial charge < -0.3 is 18.9 Å². The Kier molecular flexibility index (Phi) is 7.30. The Labute approximate surface area is 256 Å². The molecule has 1 amide bonds. The average Bonchev–Trinajstić information content (AvgIpc) is 3.62. The third-order valence-electron chi connectivity index (χ3n) is 7.31. The van der Waals surface area contributed by atoms with E-state index < -0.39 is 21.7 Å². The maximum Gasteiger partial charge on any atom is 0.255 e. The average molecular weight is 634 g/mol. The van der Waals surface area contributed by atoms with Crippen LogP contribution in [0, 0.1) is 5.82 Å². The third-order valence-corrected chi connectivity index (χ3v) is 8.81. The number of oxazole rings is 1. The van der Waals surface area contributed by atoms with Crippen LogP contribution in [-0.2, 0) is 10.0 Å². The van der Waals surface area contributed by atoms with E-state index in [-0.39, 0.29) is 22.8 Å². The number of methoxy groups -OCH3 is 1. The number of nitrogens with zero attached hydrogens (tertiary/aromatic N) is 2. The van der Waals surface area contributed by atoms with E-state index in [2.05, 4.69) is 10.3 Å². The van der Waals surface area contributed by atoms with Gasteiger partial charge in [0.1, 0.15) is 28.4 Å². The van der Waals surface area contributed by atoms with Gasteiger partial charge in [0.2, 0.25) is 15.9 Å². The molecule has 0 saturated carbocycles. The van der Waals surface area contributed by atoms with Crippen LogP contribution in [0.25, 0.3) is 56.0 Å². The van der Waals surface area contributed by atoms with Crippen LogP contribution in [0.5, 0.6) is 5.75 Å². The summed E-state index contributed by atoms with van der Waals surface area (Å²) in [6.07, 6.45) is 1.09. The summed E-state index contributed by atoms with van der Waals surface area (Å²) in [5.41, 5.74) is 3.76. The molecule has 0 aliphatic heterocycles. The zero-order valence-electron chi connectivity index (χ0n) is 23.9. The van der Waals surface area contributed by atoms with Gasteiger partial charge in [0.15, 0.2) is 5.58 Å². The van der Waals surface area contributed by atoms with Crippen molar-refractivity contribution in [3.05, 3.63) is 89.2 Å². The number of aromatic nitrogens is 1. The fourth-order valence-corrected chi connectivity index (χ4v) is 5.75. The first kappa shape index (κ1) is 29.2. The van der Waals surface area contributed by atoms with Gasteiger partial charge in [-0.2, -0.15) is 0 Å². The van der Waals surface area contributed by atoms with Crippen molar-refractivity contribution in [3.63, 3.8) is 0 Å². The number of rotatable bonds is 7. The van der Waals surface area contributed by atoms with E-state index in [0.29, 0.717) is 55.2 Å². The Hall–Kier alpha value is -4.87. The van der Waals surface area contributed by atoms with Crippen molar-refractivity contribution in [2.75, 3.05) is 31.8 Å². The smallest absolute Gasteiger partial charge is 0.255 e. The normalized spacial score (nSPS) is 11.7. The lowest BCUT2D eigenvalue weighted by Gasteiger charge is -2.21. The molecule has 0 radical (unpaired) electrons. The van der Waals surface area contributed by atoms with Crippen LogP contribution in [0.2, 0.25) is 5.02 Å². The van der Waals surface area contributed by atoms with Gasteiger partial charge >= 0.3 is 0 Å². The molecule has 0 aliphatic rings. The summed E-state index contributed by atoms with van der Waals surface area (Å²) in [7, 11) is 0.700. The molecule has 0 atom stereocenters. The topological polar surface area (TPSA) is 115 Å². The number of hydrogen-bond acceptors (Lipinski definition) is 7. The van der Waals surface area contributed by atoms with Gasteiger partial charge in [-0.15, -0.1) is 0 Å². The number of fused-ring (bicyclic) bond motifs is 2. The summed E-state index contributed by atoms with van der Waals surface area (Å²) in [4.78, 5) is 17.8. The molecule has 0 unspecified atom stereocenters. The van der Waals surface area contributed by atoms with Crippen molar-refractivity contribution in [3.8, 4) is 39.7 Å². The van der Waals surface area contributed by atoms with Crippen LogP contribution < -0.4 is 14.4 Å². The largest absolute Gasteiger partial charge is 0.496 e. The fourth-order valence-electron chi connectivity index (χ4n) is 5.03. The molecule has 2 heterocycles. The number of amides is 1. The molecule has 6 aromatic rings. The van der Waals surface area contributed by atoms with Gasteiger partial charge in [-0.1, -0.05) is 23.7 Å². The van der Waals surface area contributed by atoms with Gasteiger partial charge in [0, 0.05) is 36.7 Å². The zero-order chi connectivity index (χ0) is 31.3. The molecule has 0 saturated heterocycles. The number of benzene rings is 4. The number of carbonyl (C=O) groups is 1. The maximum absolute atomic E-state index is 13.7. The van der Waals surface area contributed by atoms with Crippen molar-refractivity contribution in [1.29, 1.82) is 0 Å². The van der Waals surface area contributed by atoms with Gasteiger partial charge in [0.05, 0.1) is 35.2 Å². The first-order valence-corrected chi connectivity index (χ1v) is 15.5. The van der Waals surface area contributed by atoms with Crippen molar-refractivity contribution >= 4 is 55.3 Å². The van der Waals surface area contributed by atoms with Crippen molar-refractivity contribution in [1.82, 2.24) is 10.3 Å². The summed E-state index contributed by atoms with van der Waals surface area (Å²) < 4.78 is 58.2. The number of para-hydroxylation sites is 1. The molecule has 0 fully saturated rings. The van der Waals surface area contributed by atoms with Crippen LogP contribution in [0.3, 0.4) is 0 Å². The Bertz CT molecular complexity index is 2190. The minimum absolute atomic E-state index is 0.211. The molecule has 0 spiro atoms. The van der Waals surface area contributed by atoms with Crippen molar-refractivity contribution in [2.24, 2.45) is 0 Å². The third kappa shape index (κ3) is 5.03. The predicted octanol–water partition coefficient (Wildman–Crippen LogP) is 7.13. The van der Waals surface area contributed by atoms with Gasteiger partial charge in [-0.25, -0.2) is 17.8 Å². The van der Waals surface area contributed by atoms with Crippen LogP contribution in [0.15, 0.2) is 81.6 Å². The fraction of sp³-hybridized carbons (Fsp3) is 0.125. The van der Waals surface area contributed by atoms with Crippen LogP contribution >= 0.6 is 11.6 Å². The molecule has 44 heavy (non-hydrogen) atoms. The predicted molar refractivity (Wildman–Crippen MR) is 168 cm³/mol. The molecule has 224 valence electrons. The van der Waals surface area contributed by atoms with Crippen LogP contribution in [0.4, 0.5) is 10.1 Å². The van der Waals surface area contributed by atoms with Crippen LogP contribution in [-0.4, -0.2) is 46.8 Å². The lowest BCUT2D eigenvalue weighted by atomic mass is 9.97. The lowest BCUT2D eigenvalue weighted by molar-refractivity contribution is 0.0964. The maximum atomic E-state index is 13.7. The summed E-state index contributed by atoms with van der Waals surface area (Å²) in [5.74, 6) is 0.0461. The summed E-state index contributed by atoms with van der Waals surface area (Å²) in [5, 5.41) is 3.49. The quantitative estimate of drug-likeness (QED) is 0.199. The molecular weight excluding hydrogens is 609 g/mol. The summed E-state index contributed by atoms with van der Waals surface area (Å²) in [6.45, 7) is 0. The van der Waals surface area contributed by atoms with Gasteiger partial charge in [-0.05, 0) is 60.2 Å². The number of ether oxygens (including phenoxy) is 1. The second-order valence-corrected chi connectivity index (χ2v) is 12.4. The first-order chi connectivity index (χ1) is 21.0. The van der Waals surface area contributed by atoms with E-state index >= 15 is 0 Å². The van der Waals surface area contributed by atoms with Crippen molar-refractivity contribution < 1.29 is 31.2 Å². The minimum atomic E-state index is -3.73. The van der Waals surface area contributed by atoms with E-state index in [1.54, 1.807) is 48.5 Å². The van der Waals surface area contributed by atoms with E-state index in [0.717, 1.165) is 10.6 Å². The van der Waals surface area contributed by atoms with Gasteiger partial charge in [0.25, 0.3) is 5.91 Å². The molecule has 2 aromatic heterocycles. The highest BCUT2D eigenvalue weighted by molar-refractivity contribution is 7.92. The Morgan fingerprint density at radius 3 is 2.36 bits per heavy atom. The zero-order valence-corrected chi connectivity index (χ0v) is 25.5. The molecule has 1 N–H and O–H groups in total. The number of hydrogen-bond donors (Lipinski definition) is 1. The van der Waals surface area contributed by atoms with E-state index in [1.165, 1.54) is 45.5 Å². The number of carbonyl (C=O) groups excluding carboxylic acids is 1. The van der Waals surface area contributed by atoms with Crippen LogP contribution in [0.1, 0.15) is 10.4 Å². The number of anilines is 1. The Balaban J connectivity index is 1.64. The molecule has 6 rings (SSSR count). The highest BCUT2D eigenvalue weighted by Crippen LogP contribution is 2.43. The second kappa shape index (κ2) is 11.0. The molecule has 12 heteroatoms. The number of furan rings is 1. The molecule has 0 bridgehead atoms. The molecule has 0 aliphatic carbocycles. The molecule has 9 nitrogen and oxygen atoms in total. The monoisotopic (exact) mass is 633 g/mol. The first-order valence-electron chi connectivity index (χ1n) is 13.3. The summed E-state index contributed by atoms with van der Waals surface area (Å²) in [6, 6.07) is 19.3. The van der Waals surface area contributed by atoms with E-state index in [1.807, 2.05) is 0 Å². The highest BCUT2D eigenvalue weighted by atomic mass is 35.5. The second-order valence-electron chi connectivity index (χ2n) is 10.0. The van der Waals surface area contributed by atoms with Crippen molar-refractivity contribution in [2.45, 2.75) is 0 Å². The molecule has 4 aromatic carbocycles. The Morgan fingerprint density at radius 1 is 0.977 bits per heavy atom. The lowest BCUT2D eigenvalue weighted by Crippen LogP contribution is -2.25. The number of nitrogens with one attached hydrogen (secondary N) is 1.